The summed E-state index contributed by atoms with van der Waals surface area (Å²) in [5.41, 5.74) is 4.02. The van der Waals surface area contributed by atoms with E-state index in [1.807, 2.05) is 4.90 Å². The van der Waals surface area contributed by atoms with Crippen LogP contribution >= 0.6 is 0 Å². The van der Waals surface area contributed by atoms with E-state index in [-0.39, 0.29) is 34.0 Å². The van der Waals surface area contributed by atoms with Crippen LogP contribution in [0.1, 0.15) is 42.2 Å². The Hall–Kier alpha value is -4.93. The molecule has 49 heavy (non-hydrogen) atoms. The summed E-state index contributed by atoms with van der Waals surface area (Å²) in [6, 6.07) is 7.34. The predicted octanol–water partition coefficient (Wildman–Crippen LogP) is 6.09. The fourth-order valence-corrected chi connectivity index (χ4v) is 6.38. The van der Waals surface area contributed by atoms with Crippen LogP contribution in [0.5, 0.6) is 5.88 Å². The third-order valence-corrected chi connectivity index (χ3v) is 8.89. The lowest BCUT2D eigenvalue weighted by atomic mass is 9.76. The zero-order valence-electron chi connectivity index (χ0n) is 25.8. The molecule has 2 fully saturated rings. The van der Waals surface area contributed by atoms with Gasteiger partial charge >= 0.3 is 18.3 Å². The van der Waals surface area contributed by atoms with Gasteiger partial charge in [-0.2, -0.15) is 41.4 Å². The van der Waals surface area contributed by atoms with Gasteiger partial charge in [0.2, 0.25) is 17.9 Å². The first-order chi connectivity index (χ1) is 23.0. The molecule has 2 aliphatic heterocycles. The molecule has 0 amide bonds. The lowest BCUT2D eigenvalue weighted by molar-refractivity contribution is -0.198. The number of nitrogen functional groups attached to an aromatic ring is 1. The van der Waals surface area contributed by atoms with E-state index in [0.717, 1.165) is 22.9 Å². The average molecular weight is 694 g/mol. The standard InChI is InChI=1S/C32H30F7N7O3/c1-17-4-7-46(44-17)24-12-18(19-10-20(31(34,35)36)13-21(33)11-19)2-3-22(24)27(32(37,38)39)49-26-14-25(42-29(40)43-26)45-8-5-30(6-9-45)15-23(28(47)48)41-16-30/h2-4,7,10-14,23,27,41H,5-6,8-9,15-16H2,1H3,(H,47,48)(H2,40,42,43). The van der Waals surface area contributed by atoms with Crippen LogP contribution in [0.25, 0.3) is 16.8 Å². The van der Waals surface area contributed by atoms with E-state index < -0.39 is 53.3 Å². The molecule has 0 aliphatic carbocycles. The smallest absolute Gasteiger partial charge is 0.429 e. The molecule has 2 aromatic carbocycles. The molecule has 2 aliphatic rings. The molecule has 6 rings (SSSR count). The van der Waals surface area contributed by atoms with E-state index in [9.17, 15) is 40.6 Å². The van der Waals surface area contributed by atoms with Gasteiger partial charge in [-0.15, -0.1) is 0 Å². The van der Waals surface area contributed by atoms with Gasteiger partial charge in [0.1, 0.15) is 17.7 Å². The molecule has 2 unspecified atom stereocenters. The molecule has 4 heterocycles. The Morgan fingerprint density at radius 2 is 1.78 bits per heavy atom. The van der Waals surface area contributed by atoms with Gasteiger partial charge < -0.3 is 25.8 Å². The van der Waals surface area contributed by atoms with Crippen LogP contribution in [0.2, 0.25) is 0 Å². The quantitative estimate of drug-likeness (QED) is 0.197. The monoisotopic (exact) mass is 693 g/mol. The highest BCUT2D eigenvalue weighted by Crippen LogP contribution is 2.43. The molecule has 2 saturated heterocycles. The molecule has 0 bridgehead atoms. The Labute approximate surface area is 274 Å². The maximum atomic E-state index is 14.8. The highest BCUT2D eigenvalue weighted by molar-refractivity contribution is 5.74. The Bertz CT molecular complexity index is 1870. The number of carboxylic acids is 1. The minimum Gasteiger partial charge on any atom is -0.480 e. The summed E-state index contributed by atoms with van der Waals surface area (Å²) < 4.78 is 106. The van der Waals surface area contributed by atoms with Crippen LogP contribution in [0.15, 0.2) is 54.7 Å². The molecular weight excluding hydrogens is 663 g/mol. The first-order valence-corrected chi connectivity index (χ1v) is 15.1. The summed E-state index contributed by atoms with van der Waals surface area (Å²) in [4.78, 5) is 21.3. The number of anilines is 2. The number of nitrogens with one attached hydrogen (secondary N) is 1. The number of hydrogen-bond acceptors (Lipinski definition) is 8. The van der Waals surface area contributed by atoms with Crippen LogP contribution in [-0.4, -0.2) is 62.7 Å². The Morgan fingerprint density at radius 1 is 1.04 bits per heavy atom. The normalized spacial score (nSPS) is 18.5. The van der Waals surface area contributed by atoms with Crippen molar-refractivity contribution in [2.45, 2.75) is 50.7 Å². The maximum Gasteiger partial charge on any atom is 0.429 e. The maximum absolute atomic E-state index is 14.8. The van der Waals surface area contributed by atoms with Gasteiger partial charge in [-0.05, 0) is 73.1 Å². The average Bonchev–Trinajstić information content (AvgIpc) is 3.65. The first-order valence-electron chi connectivity index (χ1n) is 15.1. The number of hydrogen-bond donors (Lipinski definition) is 3. The molecule has 4 aromatic rings. The first kappa shape index (κ1) is 34.0. The number of aliphatic carboxylic acids is 1. The number of halogens is 7. The number of aryl methyl sites for hydroxylation is 1. The van der Waals surface area contributed by atoms with Crippen LogP contribution < -0.4 is 20.7 Å². The minimum atomic E-state index is -5.03. The lowest BCUT2D eigenvalue weighted by Crippen LogP contribution is -2.41. The van der Waals surface area contributed by atoms with Crippen LogP contribution in [-0.2, 0) is 11.0 Å². The van der Waals surface area contributed by atoms with Crippen molar-refractivity contribution in [3.8, 4) is 22.7 Å². The van der Waals surface area contributed by atoms with Crippen molar-refractivity contribution in [2.24, 2.45) is 5.41 Å². The SMILES string of the molecule is Cc1ccn(-c2cc(-c3cc(F)cc(C(F)(F)F)c3)ccc2C(Oc2cc(N3CCC4(CC3)CNC(C(=O)O)C4)nc(N)n2)C(F)(F)F)n1. The van der Waals surface area contributed by atoms with Gasteiger partial charge in [0.25, 0.3) is 0 Å². The molecule has 10 nitrogen and oxygen atoms in total. The Balaban J connectivity index is 1.33. The zero-order valence-corrected chi connectivity index (χ0v) is 25.8. The fourth-order valence-electron chi connectivity index (χ4n) is 6.38. The van der Waals surface area contributed by atoms with Crippen molar-refractivity contribution in [2.75, 3.05) is 30.3 Å². The molecule has 2 aromatic heterocycles. The molecule has 1 spiro atoms. The van der Waals surface area contributed by atoms with Crippen LogP contribution in [0, 0.1) is 18.2 Å². The second-order valence-electron chi connectivity index (χ2n) is 12.3. The summed E-state index contributed by atoms with van der Waals surface area (Å²) in [5.74, 6) is -2.69. The van der Waals surface area contributed by atoms with Gasteiger partial charge in [0.15, 0.2) is 0 Å². The van der Waals surface area contributed by atoms with Gasteiger partial charge in [-0.25, -0.2) is 9.07 Å². The Kier molecular flexibility index (Phi) is 8.67. The number of aromatic nitrogens is 4. The van der Waals surface area contributed by atoms with E-state index in [0.29, 0.717) is 56.7 Å². The van der Waals surface area contributed by atoms with E-state index in [2.05, 4.69) is 20.4 Å². The molecule has 0 radical (unpaired) electrons. The summed E-state index contributed by atoms with van der Waals surface area (Å²) in [7, 11) is 0. The molecule has 0 saturated carbocycles. The fraction of sp³-hybridized carbons (Fsp3) is 0.375. The molecule has 4 N–H and O–H groups in total. The summed E-state index contributed by atoms with van der Waals surface area (Å²) in [5, 5.41) is 16.6. The molecule has 2 atom stereocenters. The topological polar surface area (TPSA) is 131 Å². The second-order valence-corrected chi connectivity index (χ2v) is 12.3. The lowest BCUT2D eigenvalue weighted by Gasteiger charge is -2.39. The number of benzene rings is 2. The zero-order chi connectivity index (χ0) is 35.3. The second kappa shape index (κ2) is 12.5. The number of carboxylic acid groups (broad SMARTS) is 1. The van der Waals surface area contributed by atoms with Crippen LogP contribution in [0.4, 0.5) is 42.5 Å². The van der Waals surface area contributed by atoms with E-state index in [1.54, 1.807) is 6.92 Å². The van der Waals surface area contributed by atoms with Gasteiger partial charge in [-0.1, -0.05) is 12.1 Å². The van der Waals surface area contributed by atoms with E-state index in [4.69, 9.17) is 10.5 Å². The van der Waals surface area contributed by atoms with Crippen molar-refractivity contribution < 1.29 is 45.4 Å². The predicted molar refractivity (Wildman–Crippen MR) is 162 cm³/mol. The highest BCUT2D eigenvalue weighted by Gasteiger charge is 2.46. The van der Waals surface area contributed by atoms with E-state index >= 15 is 0 Å². The number of alkyl halides is 6. The Morgan fingerprint density at radius 3 is 2.39 bits per heavy atom. The molecule has 260 valence electrons. The van der Waals surface area contributed by atoms with Crippen molar-refractivity contribution >= 4 is 17.7 Å². The largest absolute Gasteiger partial charge is 0.480 e. The van der Waals surface area contributed by atoms with E-state index in [1.165, 1.54) is 24.4 Å². The summed E-state index contributed by atoms with van der Waals surface area (Å²) >= 11 is 0. The van der Waals surface area contributed by atoms with Crippen molar-refractivity contribution in [1.82, 2.24) is 25.1 Å². The summed E-state index contributed by atoms with van der Waals surface area (Å²) in [6.45, 7) is 3.01. The van der Waals surface area contributed by atoms with Crippen LogP contribution in [0.3, 0.4) is 0 Å². The number of carbonyl (C=O) groups is 1. The number of nitrogens with two attached hydrogens (primary N) is 1. The number of nitrogens with zero attached hydrogens (tertiary/aromatic N) is 5. The molecule has 17 heteroatoms. The molecular formula is C32H30F7N7O3. The minimum absolute atomic E-state index is 0.00130. The number of rotatable bonds is 7. The van der Waals surface area contributed by atoms with Gasteiger partial charge in [0, 0.05) is 37.5 Å². The third kappa shape index (κ3) is 7.25. The van der Waals surface area contributed by atoms with Crippen molar-refractivity contribution in [3.05, 3.63) is 77.4 Å². The summed E-state index contributed by atoms with van der Waals surface area (Å²) in [6.07, 6.45) is -9.48. The van der Waals surface area contributed by atoms with Gasteiger partial charge in [-0.3, -0.25) is 4.79 Å². The van der Waals surface area contributed by atoms with Crippen molar-refractivity contribution in [3.63, 3.8) is 0 Å². The van der Waals surface area contributed by atoms with Crippen molar-refractivity contribution in [1.29, 1.82) is 0 Å². The van der Waals surface area contributed by atoms with Gasteiger partial charge in [0.05, 0.1) is 16.9 Å². The number of piperidine rings is 1. The highest BCUT2D eigenvalue weighted by atomic mass is 19.4. The number of ether oxygens (including phenoxy) is 1. The third-order valence-electron chi connectivity index (χ3n) is 8.89.